The summed E-state index contributed by atoms with van der Waals surface area (Å²) in [5.74, 6) is -0.158. The van der Waals surface area contributed by atoms with E-state index in [-0.39, 0.29) is 23.3 Å². The first-order chi connectivity index (χ1) is 13.1. The summed E-state index contributed by atoms with van der Waals surface area (Å²) in [5, 5.41) is 2.77. The number of anilines is 1. The Morgan fingerprint density at radius 2 is 1.89 bits per heavy atom. The zero-order valence-corrected chi connectivity index (χ0v) is 16.4. The highest BCUT2D eigenvalue weighted by Crippen LogP contribution is 2.22. The zero-order chi connectivity index (χ0) is 19.1. The molecule has 2 heterocycles. The lowest BCUT2D eigenvalue weighted by molar-refractivity contribution is -0.117. The van der Waals surface area contributed by atoms with E-state index in [0.29, 0.717) is 32.0 Å². The minimum Gasteiger partial charge on any atom is -0.378 e. The van der Waals surface area contributed by atoms with Crippen LogP contribution in [0.25, 0.3) is 0 Å². The monoisotopic (exact) mass is 396 g/mol. The van der Waals surface area contributed by atoms with Crippen LogP contribution in [0.2, 0.25) is 0 Å². The molecule has 0 aliphatic carbocycles. The van der Waals surface area contributed by atoms with E-state index in [0.717, 1.165) is 38.7 Å². The molecular formula is C19H28N2O5S. The van der Waals surface area contributed by atoms with Gasteiger partial charge in [0.05, 0.1) is 30.6 Å². The number of rotatable bonds is 8. The molecule has 0 radical (unpaired) electrons. The van der Waals surface area contributed by atoms with Crippen molar-refractivity contribution in [3.8, 4) is 0 Å². The van der Waals surface area contributed by atoms with Gasteiger partial charge in [-0.1, -0.05) is 6.42 Å². The highest BCUT2D eigenvalue weighted by atomic mass is 32.2. The summed E-state index contributed by atoms with van der Waals surface area (Å²) in [4.78, 5) is 12.3. The molecule has 8 heteroatoms. The standard InChI is InChI=1S/C19H28N2O5S/c22-19(10-14-25-15-17-5-4-13-26-17)20-16-6-8-18(9-7-16)27(23,24)21-11-2-1-3-12-21/h6-9,17H,1-5,10-15H2,(H,20,22). The van der Waals surface area contributed by atoms with Crippen molar-refractivity contribution < 1.29 is 22.7 Å². The van der Waals surface area contributed by atoms with Gasteiger partial charge in [-0.25, -0.2) is 8.42 Å². The van der Waals surface area contributed by atoms with E-state index in [1.807, 2.05) is 0 Å². The lowest BCUT2D eigenvalue weighted by Crippen LogP contribution is -2.35. The summed E-state index contributed by atoms with van der Waals surface area (Å²) in [6, 6.07) is 6.35. The first kappa shape index (κ1) is 20.3. The molecule has 0 spiro atoms. The average molecular weight is 397 g/mol. The summed E-state index contributed by atoms with van der Waals surface area (Å²) < 4.78 is 37.7. The van der Waals surface area contributed by atoms with Gasteiger partial charge in [0.1, 0.15) is 0 Å². The molecule has 1 atom stereocenters. The maximum Gasteiger partial charge on any atom is 0.243 e. The molecule has 2 aliphatic heterocycles. The number of nitrogens with one attached hydrogen (secondary N) is 1. The minimum absolute atomic E-state index is 0.155. The summed E-state index contributed by atoms with van der Waals surface area (Å²) in [6.07, 6.45) is 5.37. The van der Waals surface area contributed by atoms with Crippen molar-refractivity contribution in [2.75, 3.05) is 38.2 Å². The third kappa shape index (κ3) is 5.75. The third-order valence-corrected chi connectivity index (χ3v) is 6.80. The van der Waals surface area contributed by atoms with Crippen LogP contribution in [0.3, 0.4) is 0 Å². The fourth-order valence-electron chi connectivity index (χ4n) is 3.34. The molecule has 150 valence electrons. The molecule has 7 nitrogen and oxygen atoms in total. The fourth-order valence-corrected chi connectivity index (χ4v) is 4.86. The molecular weight excluding hydrogens is 368 g/mol. The van der Waals surface area contributed by atoms with Crippen LogP contribution in [0.1, 0.15) is 38.5 Å². The Labute approximate surface area is 161 Å². The van der Waals surface area contributed by atoms with Crippen LogP contribution in [0.5, 0.6) is 0 Å². The number of carbonyl (C=O) groups is 1. The van der Waals surface area contributed by atoms with Gasteiger partial charge >= 0.3 is 0 Å². The fraction of sp³-hybridized carbons (Fsp3) is 0.632. The topological polar surface area (TPSA) is 84.9 Å². The summed E-state index contributed by atoms with van der Waals surface area (Å²) in [7, 11) is -3.44. The molecule has 0 saturated carbocycles. The Morgan fingerprint density at radius 1 is 1.15 bits per heavy atom. The van der Waals surface area contributed by atoms with Gasteiger partial charge in [0.15, 0.2) is 0 Å². The maximum absolute atomic E-state index is 12.6. The van der Waals surface area contributed by atoms with Crippen molar-refractivity contribution in [3.63, 3.8) is 0 Å². The lowest BCUT2D eigenvalue weighted by Gasteiger charge is -2.25. The van der Waals surface area contributed by atoms with E-state index in [2.05, 4.69) is 5.32 Å². The number of carbonyl (C=O) groups excluding carboxylic acids is 1. The normalized spacial score (nSPS) is 21.3. The second-order valence-electron chi connectivity index (χ2n) is 7.00. The number of piperidine rings is 1. The van der Waals surface area contributed by atoms with E-state index >= 15 is 0 Å². The Bertz CT molecular complexity index is 708. The second-order valence-corrected chi connectivity index (χ2v) is 8.94. The average Bonchev–Trinajstić information content (AvgIpc) is 3.20. The van der Waals surface area contributed by atoms with Crippen LogP contribution in [0, 0.1) is 0 Å². The number of benzene rings is 1. The van der Waals surface area contributed by atoms with Gasteiger partial charge < -0.3 is 14.8 Å². The number of sulfonamides is 1. The number of hydrogen-bond donors (Lipinski definition) is 1. The molecule has 2 aliphatic rings. The van der Waals surface area contributed by atoms with Gasteiger partial charge in [0.25, 0.3) is 0 Å². The molecule has 1 unspecified atom stereocenters. The highest BCUT2D eigenvalue weighted by Gasteiger charge is 2.25. The molecule has 1 amide bonds. The van der Waals surface area contributed by atoms with Crippen LogP contribution in [-0.2, 0) is 24.3 Å². The van der Waals surface area contributed by atoms with Crippen LogP contribution >= 0.6 is 0 Å². The van der Waals surface area contributed by atoms with E-state index in [1.165, 1.54) is 4.31 Å². The number of ether oxygens (including phenoxy) is 2. The van der Waals surface area contributed by atoms with Crippen molar-refractivity contribution in [1.29, 1.82) is 0 Å². The van der Waals surface area contributed by atoms with Crippen molar-refractivity contribution >= 4 is 21.6 Å². The van der Waals surface area contributed by atoms with E-state index in [9.17, 15) is 13.2 Å². The van der Waals surface area contributed by atoms with Crippen molar-refractivity contribution in [1.82, 2.24) is 4.31 Å². The predicted octanol–water partition coefficient (Wildman–Crippen LogP) is 2.39. The largest absolute Gasteiger partial charge is 0.378 e. The minimum atomic E-state index is -3.44. The molecule has 3 rings (SSSR count). The molecule has 1 N–H and O–H groups in total. The quantitative estimate of drug-likeness (QED) is 0.682. The molecule has 1 aromatic rings. The van der Waals surface area contributed by atoms with Gasteiger partial charge in [-0.2, -0.15) is 4.31 Å². The number of amides is 1. The Hall–Kier alpha value is -1.48. The summed E-state index contributed by atoms with van der Waals surface area (Å²) in [5.41, 5.74) is 0.580. The van der Waals surface area contributed by atoms with E-state index in [4.69, 9.17) is 9.47 Å². The van der Waals surface area contributed by atoms with Crippen molar-refractivity contribution in [2.45, 2.75) is 49.5 Å². The van der Waals surface area contributed by atoms with Gasteiger partial charge in [-0.3, -0.25) is 4.79 Å². The van der Waals surface area contributed by atoms with Crippen LogP contribution in [0.15, 0.2) is 29.2 Å². The third-order valence-electron chi connectivity index (χ3n) is 4.89. The van der Waals surface area contributed by atoms with Gasteiger partial charge in [0, 0.05) is 25.4 Å². The highest BCUT2D eigenvalue weighted by molar-refractivity contribution is 7.89. The smallest absolute Gasteiger partial charge is 0.243 e. The molecule has 2 saturated heterocycles. The molecule has 0 aromatic heterocycles. The van der Waals surface area contributed by atoms with Gasteiger partial charge in [0.2, 0.25) is 15.9 Å². The molecule has 0 bridgehead atoms. The Kier molecular flexibility index (Phi) is 7.23. The van der Waals surface area contributed by atoms with Crippen LogP contribution < -0.4 is 5.32 Å². The molecule has 2 fully saturated rings. The van der Waals surface area contributed by atoms with Crippen molar-refractivity contribution in [2.24, 2.45) is 0 Å². The van der Waals surface area contributed by atoms with Crippen molar-refractivity contribution in [3.05, 3.63) is 24.3 Å². The molecule has 27 heavy (non-hydrogen) atoms. The maximum atomic E-state index is 12.6. The first-order valence-corrected chi connectivity index (χ1v) is 11.1. The van der Waals surface area contributed by atoms with Gasteiger partial charge in [-0.15, -0.1) is 0 Å². The summed E-state index contributed by atoms with van der Waals surface area (Å²) in [6.45, 7) is 2.81. The molecule has 1 aromatic carbocycles. The Balaban J connectivity index is 1.44. The first-order valence-electron chi connectivity index (χ1n) is 9.65. The van der Waals surface area contributed by atoms with Gasteiger partial charge in [-0.05, 0) is 49.9 Å². The van der Waals surface area contributed by atoms with E-state index < -0.39 is 10.0 Å². The van der Waals surface area contributed by atoms with E-state index in [1.54, 1.807) is 24.3 Å². The zero-order valence-electron chi connectivity index (χ0n) is 15.6. The number of nitrogens with zero attached hydrogens (tertiary/aromatic N) is 1. The predicted molar refractivity (Wildman–Crippen MR) is 102 cm³/mol. The van der Waals surface area contributed by atoms with Crippen LogP contribution in [-0.4, -0.2) is 57.6 Å². The Morgan fingerprint density at radius 3 is 2.56 bits per heavy atom. The lowest BCUT2D eigenvalue weighted by atomic mass is 10.2. The summed E-state index contributed by atoms with van der Waals surface area (Å²) >= 11 is 0. The second kappa shape index (κ2) is 9.64. The van der Waals surface area contributed by atoms with Crippen LogP contribution in [0.4, 0.5) is 5.69 Å². The number of hydrogen-bond acceptors (Lipinski definition) is 5. The SMILES string of the molecule is O=C(CCOCC1CCCO1)Nc1ccc(S(=O)(=O)N2CCCCC2)cc1.